The molecule has 0 aliphatic rings. The summed E-state index contributed by atoms with van der Waals surface area (Å²) in [5.74, 6) is 0. The lowest BCUT2D eigenvalue weighted by atomic mass is 10.3. The van der Waals surface area contributed by atoms with Crippen LogP contribution in [0.15, 0.2) is 24.3 Å². The molecule has 2 nitrogen and oxygen atoms in total. The van der Waals surface area contributed by atoms with E-state index in [1.165, 1.54) is 5.19 Å². The number of benzene rings is 1. The van der Waals surface area contributed by atoms with Gasteiger partial charge in [0.1, 0.15) is 0 Å². The molecule has 0 aromatic heterocycles. The minimum absolute atomic E-state index is 0.286. The predicted molar refractivity (Wildman–Crippen MR) is 64.2 cm³/mol. The van der Waals surface area contributed by atoms with Crippen LogP contribution in [0.25, 0.3) is 0 Å². The molecule has 0 saturated heterocycles. The lowest BCUT2D eigenvalue weighted by molar-refractivity contribution is 0.238. The second-order valence-corrected chi connectivity index (χ2v) is 8.13. The van der Waals surface area contributed by atoms with Crippen molar-refractivity contribution in [2.24, 2.45) is 0 Å². The van der Waals surface area contributed by atoms with Crippen LogP contribution in [-0.4, -0.2) is 14.4 Å². The number of hydrogen-bond donors (Lipinski definition) is 1. The molecule has 0 saturated carbocycles. The zero-order valence-corrected chi connectivity index (χ0v) is 10.4. The fourth-order valence-electron chi connectivity index (χ4n) is 1.54. The van der Waals surface area contributed by atoms with Gasteiger partial charge in [0.25, 0.3) is 0 Å². The number of nitrogens with two attached hydrogens (primary N) is 1. The molecule has 0 heterocycles. The van der Waals surface area contributed by atoms with Crippen LogP contribution in [0.2, 0.25) is 13.1 Å². The minimum atomic E-state index is -1.72. The Balaban J connectivity index is 2.86. The van der Waals surface area contributed by atoms with Gasteiger partial charge in [0, 0.05) is 11.8 Å². The maximum absolute atomic E-state index is 5.96. The maximum atomic E-state index is 5.96. The maximum Gasteiger partial charge on any atom is 0.218 e. The molecular weight excluding hydrogens is 190 g/mol. The van der Waals surface area contributed by atoms with Gasteiger partial charge in [0.2, 0.25) is 8.32 Å². The molecule has 3 heteroatoms. The Morgan fingerprint density at radius 1 is 1.14 bits per heavy atom. The van der Waals surface area contributed by atoms with Gasteiger partial charge in [-0.3, -0.25) is 0 Å². The van der Waals surface area contributed by atoms with Crippen molar-refractivity contribution in [2.75, 3.05) is 5.73 Å². The summed E-state index contributed by atoms with van der Waals surface area (Å²) in [5, 5.41) is 1.29. The second kappa shape index (κ2) is 4.15. The second-order valence-electron chi connectivity index (χ2n) is 4.30. The van der Waals surface area contributed by atoms with Crippen LogP contribution in [0, 0.1) is 0 Å². The molecule has 1 rings (SSSR count). The average molecular weight is 209 g/mol. The predicted octanol–water partition coefficient (Wildman–Crippen LogP) is 2.11. The van der Waals surface area contributed by atoms with Crippen LogP contribution in [0.1, 0.15) is 13.8 Å². The first-order valence-electron chi connectivity index (χ1n) is 4.95. The first-order valence-corrected chi connectivity index (χ1v) is 7.86. The highest BCUT2D eigenvalue weighted by molar-refractivity contribution is 6.84. The van der Waals surface area contributed by atoms with Gasteiger partial charge < -0.3 is 10.2 Å². The van der Waals surface area contributed by atoms with Crippen LogP contribution in [0.5, 0.6) is 0 Å². The van der Waals surface area contributed by atoms with E-state index in [2.05, 4.69) is 39.1 Å². The van der Waals surface area contributed by atoms with Gasteiger partial charge in [-0.1, -0.05) is 12.1 Å². The van der Waals surface area contributed by atoms with Crippen molar-refractivity contribution in [2.45, 2.75) is 33.0 Å². The van der Waals surface area contributed by atoms with Gasteiger partial charge >= 0.3 is 0 Å². The van der Waals surface area contributed by atoms with Crippen LogP contribution >= 0.6 is 0 Å². The fourth-order valence-corrected chi connectivity index (χ4v) is 3.83. The minimum Gasteiger partial charge on any atom is -0.411 e. The van der Waals surface area contributed by atoms with Crippen molar-refractivity contribution in [3.63, 3.8) is 0 Å². The molecule has 78 valence electrons. The molecule has 0 aliphatic heterocycles. The first kappa shape index (κ1) is 11.3. The lowest BCUT2D eigenvalue weighted by Gasteiger charge is -2.26. The molecule has 0 bridgehead atoms. The van der Waals surface area contributed by atoms with Gasteiger partial charge in [-0.15, -0.1) is 0 Å². The molecular formula is C11H19NOSi. The number of nitrogen functional groups attached to an aromatic ring is 1. The summed E-state index contributed by atoms with van der Waals surface area (Å²) in [6, 6.07) is 8.02. The fraction of sp³-hybridized carbons (Fsp3) is 0.455. The van der Waals surface area contributed by atoms with E-state index in [0.29, 0.717) is 0 Å². The Morgan fingerprint density at radius 2 is 1.64 bits per heavy atom. The van der Waals surface area contributed by atoms with E-state index in [0.717, 1.165) is 5.69 Å². The van der Waals surface area contributed by atoms with Crippen LogP contribution < -0.4 is 10.9 Å². The molecule has 0 radical (unpaired) electrons. The van der Waals surface area contributed by atoms with Gasteiger partial charge in [0.15, 0.2) is 0 Å². The van der Waals surface area contributed by atoms with Crippen molar-refractivity contribution in [3.8, 4) is 0 Å². The van der Waals surface area contributed by atoms with Gasteiger partial charge in [-0.05, 0) is 44.3 Å². The highest BCUT2D eigenvalue weighted by atomic mass is 28.4. The van der Waals surface area contributed by atoms with Crippen LogP contribution in [0.3, 0.4) is 0 Å². The monoisotopic (exact) mass is 209 g/mol. The summed E-state index contributed by atoms with van der Waals surface area (Å²) in [6.45, 7) is 8.56. The number of anilines is 1. The Hall–Kier alpha value is -0.803. The Bertz CT molecular complexity index is 293. The van der Waals surface area contributed by atoms with E-state index in [-0.39, 0.29) is 6.10 Å². The molecule has 0 spiro atoms. The third-order valence-corrected chi connectivity index (χ3v) is 4.92. The Kier molecular flexibility index (Phi) is 3.34. The van der Waals surface area contributed by atoms with Crippen LogP contribution in [-0.2, 0) is 4.43 Å². The summed E-state index contributed by atoms with van der Waals surface area (Å²) in [4.78, 5) is 0. The third-order valence-electron chi connectivity index (χ3n) is 2.14. The summed E-state index contributed by atoms with van der Waals surface area (Å²) in [5.41, 5.74) is 6.45. The van der Waals surface area contributed by atoms with E-state index < -0.39 is 8.32 Å². The van der Waals surface area contributed by atoms with E-state index in [9.17, 15) is 0 Å². The SMILES string of the molecule is CC(C)O[Si](C)(C)c1ccc(N)cc1. The smallest absolute Gasteiger partial charge is 0.218 e. The van der Waals surface area contributed by atoms with E-state index in [1.54, 1.807) is 0 Å². The molecule has 14 heavy (non-hydrogen) atoms. The zero-order valence-electron chi connectivity index (χ0n) is 9.37. The molecule has 0 fully saturated rings. The normalized spacial score (nSPS) is 12.1. The van der Waals surface area contributed by atoms with Crippen molar-refractivity contribution in [3.05, 3.63) is 24.3 Å². The van der Waals surface area contributed by atoms with Gasteiger partial charge in [-0.2, -0.15) is 0 Å². The largest absolute Gasteiger partial charge is 0.411 e. The number of rotatable bonds is 3. The topological polar surface area (TPSA) is 35.2 Å². The summed E-state index contributed by atoms with van der Waals surface area (Å²) in [6.07, 6.45) is 0.286. The molecule has 0 atom stereocenters. The van der Waals surface area contributed by atoms with Gasteiger partial charge in [0.05, 0.1) is 0 Å². The van der Waals surface area contributed by atoms with Crippen molar-refractivity contribution < 1.29 is 4.43 Å². The lowest BCUT2D eigenvalue weighted by Crippen LogP contribution is -2.46. The molecule has 0 amide bonds. The molecule has 1 aromatic carbocycles. The van der Waals surface area contributed by atoms with E-state index in [4.69, 9.17) is 10.2 Å². The number of hydrogen-bond acceptors (Lipinski definition) is 2. The average Bonchev–Trinajstić information content (AvgIpc) is 2.02. The molecule has 1 aromatic rings. The molecule has 0 unspecified atom stereocenters. The van der Waals surface area contributed by atoms with Crippen molar-refractivity contribution >= 4 is 19.2 Å². The van der Waals surface area contributed by atoms with Gasteiger partial charge in [-0.25, -0.2) is 0 Å². The first-order chi connectivity index (χ1) is 6.42. The summed E-state index contributed by atoms with van der Waals surface area (Å²) >= 11 is 0. The van der Waals surface area contributed by atoms with E-state index in [1.807, 2.05) is 12.1 Å². The van der Waals surface area contributed by atoms with Crippen LogP contribution in [0.4, 0.5) is 5.69 Å². The third kappa shape index (κ3) is 2.85. The Labute approximate surface area is 87.2 Å². The highest BCUT2D eigenvalue weighted by Gasteiger charge is 2.26. The van der Waals surface area contributed by atoms with Crippen molar-refractivity contribution in [1.82, 2.24) is 0 Å². The van der Waals surface area contributed by atoms with Crippen molar-refractivity contribution in [1.29, 1.82) is 0 Å². The zero-order chi connectivity index (χ0) is 10.8. The molecule has 2 N–H and O–H groups in total. The standard InChI is InChI=1S/C11H19NOSi/c1-9(2)13-14(3,4)11-7-5-10(12)6-8-11/h5-9H,12H2,1-4H3. The van der Waals surface area contributed by atoms with E-state index >= 15 is 0 Å². The summed E-state index contributed by atoms with van der Waals surface area (Å²) in [7, 11) is -1.72. The molecule has 0 aliphatic carbocycles. The summed E-state index contributed by atoms with van der Waals surface area (Å²) < 4.78 is 5.96. The quantitative estimate of drug-likeness (QED) is 0.611. The Morgan fingerprint density at radius 3 is 2.07 bits per heavy atom. The highest BCUT2D eigenvalue weighted by Crippen LogP contribution is 2.09.